The largest absolute Gasteiger partial charge is 0.493 e. The van der Waals surface area contributed by atoms with Crippen LogP contribution in [-0.4, -0.2) is 46.3 Å². The Labute approximate surface area is 168 Å². The van der Waals surface area contributed by atoms with E-state index in [1.165, 1.54) is 31.4 Å². The van der Waals surface area contributed by atoms with Gasteiger partial charge in [0.05, 0.1) is 23.7 Å². The van der Waals surface area contributed by atoms with Crippen molar-refractivity contribution in [3.05, 3.63) is 49.0 Å². The Morgan fingerprint density at radius 2 is 2.14 bits per heavy atom. The van der Waals surface area contributed by atoms with Crippen LogP contribution in [0.15, 0.2) is 16.9 Å². The Hall–Kier alpha value is -3.60. The molecular weight excluding hydrogens is 410 g/mol. The zero-order chi connectivity index (χ0) is 21.6. The number of H-pyrrole nitrogens is 1. The van der Waals surface area contributed by atoms with Crippen molar-refractivity contribution in [2.45, 2.75) is 6.92 Å². The summed E-state index contributed by atoms with van der Waals surface area (Å²) in [6.07, 6.45) is 2.77. The average molecular weight is 426 g/mol. The minimum Gasteiger partial charge on any atom is -0.493 e. The summed E-state index contributed by atoms with van der Waals surface area (Å²) in [5, 5.41) is 20.4. The van der Waals surface area contributed by atoms with E-state index in [0.717, 1.165) is 0 Å². The first kappa shape index (κ1) is 21.7. The minimum atomic E-state index is -1.10. The summed E-state index contributed by atoms with van der Waals surface area (Å²) >= 11 is 6.18. The molecule has 0 amide bonds. The van der Waals surface area contributed by atoms with Gasteiger partial charge in [0.1, 0.15) is 5.82 Å². The number of nitro groups is 1. The number of aromatic amines is 1. The molecule has 11 nitrogen and oxygen atoms in total. The SMILES string of the molecule is CCOC(=O)COc1c(Cl)cc(/C=C/c2nc(O)c([N+](=O)[O-])c(=O)[nH]2)cc1OC. The second-order valence-corrected chi connectivity index (χ2v) is 5.75. The molecule has 0 bridgehead atoms. The molecule has 0 saturated heterocycles. The van der Waals surface area contributed by atoms with Gasteiger partial charge in [-0.1, -0.05) is 17.7 Å². The predicted octanol–water partition coefficient (Wildman–Crippen LogP) is 2.16. The number of hydrogen-bond donors (Lipinski definition) is 2. The van der Waals surface area contributed by atoms with Crippen LogP contribution in [0.2, 0.25) is 5.02 Å². The first-order valence-electron chi connectivity index (χ1n) is 8.08. The highest BCUT2D eigenvalue weighted by molar-refractivity contribution is 6.32. The molecule has 0 radical (unpaired) electrons. The Morgan fingerprint density at radius 3 is 2.72 bits per heavy atom. The molecule has 2 N–H and O–H groups in total. The van der Waals surface area contributed by atoms with Crippen LogP contribution in [0.3, 0.4) is 0 Å². The van der Waals surface area contributed by atoms with E-state index >= 15 is 0 Å². The predicted molar refractivity (Wildman–Crippen MR) is 102 cm³/mol. The highest BCUT2D eigenvalue weighted by Gasteiger charge is 2.21. The maximum atomic E-state index is 11.7. The molecule has 29 heavy (non-hydrogen) atoms. The number of hydrogen-bond acceptors (Lipinski definition) is 9. The molecule has 0 saturated carbocycles. The first-order valence-corrected chi connectivity index (χ1v) is 8.46. The molecule has 12 heteroatoms. The molecule has 1 heterocycles. The topological polar surface area (TPSA) is 154 Å². The molecule has 1 aromatic heterocycles. The zero-order valence-corrected chi connectivity index (χ0v) is 16.1. The quantitative estimate of drug-likeness (QED) is 0.367. The van der Waals surface area contributed by atoms with Crippen LogP contribution < -0.4 is 15.0 Å². The number of benzene rings is 1. The third-order valence-electron chi connectivity index (χ3n) is 3.40. The van der Waals surface area contributed by atoms with Crippen molar-refractivity contribution in [1.29, 1.82) is 0 Å². The molecule has 0 fully saturated rings. The van der Waals surface area contributed by atoms with Crippen LogP contribution in [-0.2, 0) is 9.53 Å². The number of esters is 1. The molecule has 0 atom stereocenters. The van der Waals surface area contributed by atoms with E-state index in [9.17, 15) is 24.8 Å². The molecule has 0 aliphatic heterocycles. The van der Waals surface area contributed by atoms with E-state index in [0.29, 0.717) is 5.56 Å². The highest BCUT2D eigenvalue weighted by Crippen LogP contribution is 2.37. The normalized spacial score (nSPS) is 10.7. The number of aromatic nitrogens is 2. The average Bonchev–Trinajstić information content (AvgIpc) is 2.64. The van der Waals surface area contributed by atoms with E-state index in [1.54, 1.807) is 6.92 Å². The van der Waals surface area contributed by atoms with E-state index < -0.39 is 28.0 Å². The van der Waals surface area contributed by atoms with Crippen LogP contribution in [0.4, 0.5) is 5.69 Å². The monoisotopic (exact) mass is 425 g/mol. The second-order valence-electron chi connectivity index (χ2n) is 5.34. The lowest BCUT2D eigenvalue weighted by Gasteiger charge is -2.12. The van der Waals surface area contributed by atoms with E-state index in [2.05, 4.69) is 9.97 Å². The van der Waals surface area contributed by atoms with Gasteiger partial charge in [0.25, 0.3) is 5.88 Å². The Balaban J connectivity index is 2.28. The summed E-state index contributed by atoms with van der Waals surface area (Å²) in [6.45, 7) is 1.52. The molecule has 0 unspecified atom stereocenters. The number of methoxy groups -OCH3 is 1. The lowest BCUT2D eigenvalue weighted by atomic mass is 10.2. The number of carbonyl (C=O) groups excluding carboxylic acids is 1. The lowest BCUT2D eigenvalue weighted by molar-refractivity contribution is -0.387. The number of nitrogens with one attached hydrogen (secondary N) is 1. The van der Waals surface area contributed by atoms with Crippen molar-refractivity contribution in [1.82, 2.24) is 9.97 Å². The lowest BCUT2D eigenvalue weighted by Crippen LogP contribution is -2.15. The molecule has 2 rings (SSSR count). The number of ether oxygens (including phenoxy) is 3. The highest BCUT2D eigenvalue weighted by atomic mass is 35.5. The third kappa shape index (κ3) is 5.45. The van der Waals surface area contributed by atoms with Crippen LogP contribution in [0.5, 0.6) is 17.4 Å². The second kappa shape index (κ2) is 9.55. The van der Waals surface area contributed by atoms with Gasteiger partial charge in [-0.15, -0.1) is 0 Å². The number of aromatic hydroxyl groups is 1. The molecule has 0 aliphatic carbocycles. The van der Waals surface area contributed by atoms with Gasteiger partial charge < -0.3 is 24.3 Å². The van der Waals surface area contributed by atoms with Crippen LogP contribution >= 0.6 is 11.6 Å². The minimum absolute atomic E-state index is 0.115. The number of nitrogens with zero attached hydrogens (tertiary/aromatic N) is 2. The zero-order valence-electron chi connectivity index (χ0n) is 15.3. The number of carbonyl (C=O) groups is 1. The smallest absolute Gasteiger partial charge is 0.395 e. The fraction of sp³-hybridized carbons (Fsp3) is 0.235. The van der Waals surface area contributed by atoms with Gasteiger partial charge in [0.15, 0.2) is 18.1 Å². The van der Waals surface area contributed by atoms with E-state index in [4.69, 9.17) is 25.8 Å². The molecule has 1 aromatic carbocycles. The molecule has 2 aromatic rings. The molecule has 154 valence electrons. The standard InChI is InChI=1S/C17H16ClN3O8/c1-3-28-13(22)8-29-15-10(18)6-9(7-11(15)27-2)4-5-12-19-16(23)14(21(25)26)17(24)20-12/h4-7H,3,8H2,1-2H3,(H2,19,20,23,24)/b5-4+. The van der Waals surface area contributed by atoms with Crippen molar-refractivity contribution < 1.29 is 29.0 Å². The fourth-order valence-electron chi connectivity index (χ4n) is 2.20. The third-order valence-corrected chi connectivity index (χ3v) is 3.68. The molecule has 0 aliphatic rings. The van der Waals surface area contributed by atoms with Crippen LogP contribution in [0, 0.1) is 10.1 Å². The summed E-state index contributed by atoms with van der Waals surface area (Å²) in [7, 11) is 1.38. The van der Waals surface area contributed by atoms with Crippen molar-refractivity contribution in [3.8, 4) is 17.4 Å². The van der Waals surface area contributed by atoms with Crippen molar-refractivity contribution >= 4 is 35.4 Å². The van der Waals surface area contributed by atoms with E-state index in [-0.39, 0.29) is 35.6 Å². The molecule has 0 spiro atoms. The van der Waals surface area contributed by atoms with Gasteiger partial charge in [-0.25, -0.2) is 4.79 Å². The van der Waals surface area contributed by atoms with Gasteiger partial charge in [0, 0.05) is 0 Å². The summed E-state index contributed by atoms with van der Waals surface area (Å²) < 4.78 is 15.3. The van der Waals surface area contributed by atoms with Crippen LogP contribution in [0.25, 0.3) is 12.2 Å². The Morgan fingerprint density at radius 1 is 1.41 bits per heavy atom. The Kier molecular flexibility index (Phi) is 7.15. The van der Waals surface area contributed by atoms with Crippen LogP contribution in [0.1, 0.15) is 18.3 Å². The maximum absolute atomic E-state index is 11.7. The van der Waals surface area contributed by atoms with Crippen molar-refractivity contribution in [2.24, 2.45) is 0 Å². The van der Waals surface area contributed by atoms with Gasteiger partial charge in [-0.2, -0.15) is 4.98 Å². The Bertz CT molecular complexity index is 1020. The van der Waals surface area contributed by atoms with Gasteiger partial charge in [0.2, 0.25) is 0 Å². The fourth-order valence-corrected chi connectivity index (χ4v) is 2.47. The number of halogens is 1. The van der Waals surface area contributed by atoms with Gasteiger partial charge in [-0.3, -0.25) is 14.9 Å². The summed E-state index contributed by atoms with van der Waals surface area (Å²) in [5.41, 5.74) is -1.65. The van der Waals surface area contributed by atoms with Crippen molar-refractivity contribution in [3.63, 3.8) is 0 Å². The van der Waals surface area contributed by atoms with E-state index in [1.807, 2.05) is 0 Å². The van der Waals surface area contributed by atoms with Gasteiger partial charge in [-0.05, 0) is 30.7 Å². The first-order chi connectivity index (χ1) is 13.8. The van der Waals surface area contributed by atoms with Gasteiger partial charge >= 0.3 is 17.2 Å². The van der Waals surface area contributed by atoms with Crippen molar-refractivity contribution in [2.75, 3.05) is 20.3 Å². The maximum Gasteiger partial charge on any atom is 0.395 e. The summed E-state index contributed by atoms with van der Waals surface area (Å²) in [5.74, 6) is -1.32. The summed E-state index contributed by atoms with van der Waals surface area (Å²) in [4.78, 5) is 38.5. The number of rotatable bonds is 8. The summed E-state index contributed by atoms with van der Waals surface area (Å²) in [6, 6.07) is 3.02. The molecular formula is C17H16ClN3O8.